The molecule has 0 fully saturated rings. The molecule has 0 heterocycles. The molecular formula is C18H18FN3O5S. The van der Waals surface area contributed by atoms with Crippen LogP contribution in [0.25, 0.3) is 0 Å². The monoisotopic (exact) mass is 407 g/mol. The molecule has 0 spiro atoms. The van der Waals surface area contributed by atoms with Gasteiger partial charge in [0.2, 0.25) is 10.0 Å². The SMILES string of the molecule is CC(=O)c1ccc(S(=O)(=O)N[C@@H](C)C(=O)NNC(=O)c2ccc(F)cc2)cc1. The summed E-state index contributed by atoms with van der Waals surface area (Å²) in [7, 11) is -4.02. The maximum Gasteiger partial charge on any atom is 0.269 e. The van der Waals surface area contributed by atoms with E-state index in [0.29, 0.717) is 5.56 Å². The molecule has 2 aromatic rings. The average Bonchev–Trinajstić information content (AvgIpc) is 2.66. The van der Waals surface area contributed by atoms with Crippen LogP contribution in [0, 0.1) is 5.82 Å². The van der Waals surface area contributed by atoms with Crippen molar-refractivity contribution in [2.75, 3.05) is 0 Å². The molecule has 148 valence electrons. The van der Waals surface area contributed by atoms with Gasteiger partial charge in [-0.25, -0.2) is 12.8 Å². The topological polar surface area (TPSA) is 121 Å². The van der Waals surface area contributed by atoms with Crippen molar-refractivity contribution in [3.63, 3.8) is 0 Å². The Kier molecular flexibility index (Phi) is 6.60. The molecule has 0 aliphatic heterocycles. The average molecular weight is 407 g/mol. The molecule has 0 aliphatic rings. The Hall–Kier alpha value is -3.11. The Morgan fingerprint density at radius 2 is 1.43 bits per heavy atom. The lowest BCUT2D eigenvalue weighted by atomic mass is 10.2. The lowest BCUT2D eigenvalue weighted by Crippen LogP contribution is -2.51. The van der Waals surface area contributed by atoms with E-state index in [1.807, 2.05) is 0 Å². The molecule has 0 radical (unpaired) electrons. The van der Waals surface area contributed by atoms with Crippen molar-refractivity contribution < 1.29 is 27.2 Å². The van der Waals surface area contributed by atoms with E-state index in [0.717, 1.165) is 12.1 Å². The Labute approximate surface area is 161 Å². The molecule has 2 rings (SSSR count). The molecule has 0 saturated heterocycles. The van der Waals surface area contributed by atoms with Crippen LogP contribution < -0.4 is 15.6 Å². The highest BCUT2D eigenvalue weighted by molar-refractivity contribution is 7.89. The van der Waals surface area contributed by atoms with Crippen molar-refractivity contribution in [1.82, 2.24) is 15.6 Å². The van der Waals surface area contributed by atoms with Gasteiger partial charge in [0.05, 0.1) is 10.9 Å². The molecule has 3 N–H and O–H groups in total. The van der Waals surface area contributed by atoms with E-state index in [4.69, 9.17) is 0 Å². The predicted molar refractivity (Wildman–Crippen MR) is 98.2 cm³/mol. The number of ketones is 1. The van der Waals surface area contributed by atoms with E-state index in [1.165, 1.54) is 50.2 Å². The van der Waals surface area contributed by atoms with Gasteiger partial charge in [0.15, 0.2) is 5.78 Å². The number of hydrogen-bond acceptors (Lipinski definition) is 5. The highest BCUT2D eigenvalue weighted by atomic mass is 32.2. The number of Topliss-reactive ketones (excluding diaryl/α,β-unsaturated/α-hetero) is 1. The summed E-state index contributed by atoms with van der Waals surface area (Å²) >= 11 is 0. The van der Waals surface area contributed by atoms with Gasteiger partial charge in [0.25, 0.3) is 11.8 Å². The highest BCUT2D eigenvalue weighted by Gasteiger charge is 2.22. The van der Waals surface area contributed by atoms with Gasteiger partial charge in [0.1, 0.15) is 5.82 Å². The molecule has 28 heavy (non-hydrogen) atoms. The van der Waals surface area contributed by atoms with Crippen molar-refractivity contribution in [1.29, 1.82) is 0 Å². The van der Waals surface area contributed by atoms with Crippen LogP contribution in [0.1, 0.15) is 34.6 Å². The van der Waals surface area contributed by atoms with Gasteiger partial charge in [0, 0.05) is 11.1 Å². The Morgan fingerprint density at radius 3 is 1.96 bits per heavy atom. The maximum absolute atomic E-state index is 12.8. The second-order valence-corrected chi connectivity index (χ2v) is 7.59. The number of carbonyl (C=O) groups is 3. The van der Waals surface area contributed by atoms with E-state index in [9.17, 15) is 27.2 Å². The summed E-state index contributed by atoms with van der Waals surface area (Å²) in [6.45, 7) is 2.65. The molecule has 0 unspecified atom stereocenters. The first kappa shape index (κ1) is 21.2. The molecule has 10 heteroatoms. The molecular weight excluding hydrogens is 389 g/mol. The minimum absolute atomic E-state index is 0.112. The summed E-state index contributed by atoms with van der Waals surface area (Å²) in [5.41, 5.74) is 4.67. The van der Waals surface area contributed by atoms with Gasteiger partial charge < -0.3 is 0 Å². The van der Waals surface area contributed by atoms with Crippen LogP contribution in [-0.2, 0) is 14.8 Å². The van der Waals surface area contributed by atoms with Crippen LogP contribution >= 0.6 is 0 Å². The zero-order valence-electron chi connectivity index (χ0n) is 15.0. The summed E-state index contributed by atoms with van der Waals surface area (Å²) in [4.78, 5) is 35.0. The van der Waals surface area contributed by atoms with E-state index in [-0.39, 0.29) is 16.2 Å². The fourth-order valence-electron chi connectivity index (χ4n) is 2.12. The molecule has 0 aromatic heterocycles. The Balaban J connectivity index is 1.95. The van der Waals surface area contributed by atoms with Gasteiger partial charge in [-0.05, 0) is 50.2 Å². The van der Waals surface area contributed by atoms with Crippen molar-refractivity contribution in [3.8, 4) is 0 Å². The standard InChI is InChI=1S/C18H18FN3O5S/c1-11(17(24)20-21-18(25)14-3-7-15(19)8-4-14)22-28(26,27)16-9-5-13(6-10-16)12(2)23/h3-11,22H,1-2H3,(H,20,24)(H,21,25)/t11-/m0/s1. The summed E-state index contributed by atoms with van der Waals surface area (Å²) in [5.74, 6) is -2.22. The first-order chi connectivity index (χ1) is 13.1. The third-order valence-electron chi connectivity index (χ3n) is 3.70. The number of sulfonamides is 1. The van der Waals surface area contributed by atoms with Crippen LogP contribution in [0.15, 0.2) is 53.4 Å². The molecule has 0 aliphatic carbocycles. The van der Waals surface area contributed by atoms with Crippen molar-refractivity contribution in [2.45, 2.75) is 24.8 Å². The quantitative estimate of drug-likeness (QED) is 0.490. The van der Waals surface area contributed by atoms with Crippen LogP contribution in [-0.4, -0.2) is 32.1 Å². The molecule has 8 nitrogen and oxygen atoms in total. The van der Waals surface area contributed by atoms with Crippen LogP contribution in [0.2, 0.25) is 0 Å². The summed E-state index contributed by atoms with van der Waals surface area (Å²) < 4.78 is 39.7. The summed E-state index contributed by atoms with van der Waals surface area (Å²) in [6, 6.07) is 8.66. The zero-order chi connectivity index (χ0) is 20.9. The lowest BCUT2D eigenvalue weighted by Gasteiger charge is -2.15. The van der Waals surface area contributed by atoms with Crippen molar-refractivity contribution >= 4 is 27.6 Å². The number of carbonyl (C=O) groups excluding carboxylic acids is 3. The van der Waals surface area contributed by atoms with E-state index >= 15 is 0 Å². The van der Waals surface area contributed by atoms with E-state index in [1.54, 1.807) is 0 Å². The number of halogens is 1. The smallest absolute Gasteiger partial charge is 0.269 e. The van der Waals surface area contributed by atoms with Gasteiger partial charge in [-0.15, -0.1) is 0 Å². The molecule has 1 atom stereocenters. The highest BCUT2D eigenvalue weighted by Crippen LogP contribution is 2.11. The molecule has 0 bridgehead atoms. The minimum Gasteiger partial charge on any atom is -0.295 e. The number of hydrazine groups is 1. The molecule has 2 amide bonds. The Morgan fingerprint density at radius 1 is 0.893 bits per heavy atom. The van der Waals surface area contributed by atoms with Gasteiger partial charge in [-0.2, -0.15) is 4.72 Å². The predicted octanol–water partition coefficient (Wildman–Crippen LogP) is 1.16. The van der Waals surface area contributed by atoms with Gasteiger partial charge in [-0.1, -0.05) is 12.1 Å². The number of rotatable bonds is 6. The molecule has 2 aromatic carbocycles. The Bertz CT molecular complexity index is 989. The first-order valence-electron chi connectivity index (χ1n) is 8.09. The third-order valence-corrected chi connectivity index (χ3v) is 5.26. The van der Waals surface area contributed by atoms with Crippen LogP contribution in [0.4, 0.5) is 4.39 Å². The van der Waals surface area contributed by atoms with Gasteiger partial charge in [-0.3, -0.25) is 25.2 Å². The van der Waals surface area contributed by atoms with Crippen molar-refractivity contribution in [3.05, 3.63) is 65.5 Å². The van der Waals surface area contributed by atoms with Gasteiger partial charge >= 0.3 is 0 Å². The summed E-state index contributed by atoms with van der Waals surface area (Å²) in [6.07, 6.45) is 0. The second kappa shape index (κ2) is 8.72. The van der Waals surface area contributed by atoms with Crippen LogP contribution in [0.3, 0.4) is 0 Å². The summed E-state index contributed by atoms with van der Waals surface area (Å²) in [5, 5.41) is 0. The lowest BCUT2D eigenvalue weighted by molar-refractivity contribution is -0.123. The largest absolute Gasteiger partial charge is 0.295 e. The third kappa shape index (κ3) is 5.44. The number of benzene rings is 2. The second-order valence-electron chi connectivity index (χ2n) is 5.87. The minimum atomic E-state index is -4.02. The van der Waals surface area contributed by atoms with Crippen molar-refractivity contribution in [2.24, 2.45) is 0 Å². The van der Waals surface area contributed by atoms with E-state index < -0.39 is 33.7 Å². The first-order valence-corrected chi connectivity index (χ1v) is 9.57. The zero-order valence-corrected chi connectivity index (χ0v) is 15.8. The normalized spacial score (nSPS) is 12.1. The number of nitrogens with one attached hydrogen (secondary N) is 3. The maximum atomic E-state index is 12.8. The molecule has 0 saturated carbocycles. The number of hydrogen-bond donors (Lipinski definition) is 3. The van der Waals surface area contributed by atoms with Crippen LogP contribution in [0.5, 0.6) is 0 Å². The number of amides is 2. The fourth-order valence-corrected chi connectivity index (χ4v) is 3.33. The van der Waals surface area contributed by atoms with E-state index in [2.05, 4.69) is 15.6 Å². The fraction of sp³-hybridized carbons (Fsp3) is 0.167.